The lowest BCUT2D eigenvalue weighted by Gasteiger charge is -2.08. The van der Waals surface area contributed by atoms with E-state index in [9.17, 15) is 9.59 Å². The second kappa shape index (κ2) is 14.2. The number of nitrogens with zero attached hydrogens (tertiary/aromatic N) is 2. The third-order valence-electron chi connectivity index (χ3n) is 9.45. The normalized spacial score (nSPS) is 11.7. The van der Waals surface area contributed by atoms with E-state index in [4.69, 9.17) is 103 Å². The van der Waals surface area contributed by atoms with E-state index in [2.05, 4.69) is 19.9 Å². The summed E-state index contributed by atoms with van der Waals surface area (Å²) in [6.45, 7) is 0. The number of hydrogen-bond acceptors (Lipinski definition) is 4. The van der Waals surface area contributed by atoms with Crippen LogP contribution in [0, 0.1) is 0 Å². The zero-order chi connectivity index (χ0) is 39.2. The SMILES string of the molecule is O=c1[nH]ccc2c3[nH]c(-c4c(Cl)cccc4Cl)nc3c3cc(Cl)c(Cl)cc3c12.O=c1[nH]ccc2c3[nH]c(-c4c(Cl)cccc4Cl)nc3c3ccc(Cl)c(Cl)c3c12. The van der Waals surface area contributed by atoms with E-state index in [0.717, 1.165) is 0 Å². The first-order valence-corrected chi connectivity index (χ1v) is 19.5. The molecular formula is C40H18Cl8N6O2. The number of nitrogens with one attached hydrogen (secondary N) is 4. The number of fused-ring (bicyclic) bond motifs is 12. The number of halogens is 8. The number of benzene rings is 6. The smallest absolute Gasteiger partial charge is 0.256 e. The lowest BCUT2D eigenvalue weighted by Crippen LogP contribution is -2.05. The van der Waals surface area contributed by atoms with Crippen molar-refractivity contribution < 1.29 is 0 Å². The first kappa shape index (κ1) is 37.1. The van der Waals surface area contributed by atoms with Gasteiger partial charge in [0.1, 0.15) is 11.6 Å². The number of rotatable bonds is 2. The predicted octanol–water partition coefficient (Wildman–Crippen LogP) is 13.7. The molecule has 10 rings (SSSR count). The Balaban J connectivity index is 0.000000146. The molecule has 0 spiro atoms. The largest absolute Gasteiger partial charge is 0.337 e. The molecule has 276 valence electrons. The van der Waals surface area contributed by atoms with Crippen LogP contribution < -0.4 is 11.1 Å². The van der Waals surface area contributed by atoms with Crippen LogP contribution in [0.5, 0.6) is 0 Å². The van der Waals surface area contributed by atoms with Crippen molar-refractivity contribution in [1.29, 1.82) is 0 Å². The summed E-state index contributed by atoms with van der Waals surface area (Å²) in [6, 6.07) is 21.0. The monoisotopic (exact) mass is 894 g/mol. The molecule has 0 amide bonds. The van der Waals surface area contributed by atoms with Crippen molar-refractivity contribution in [2.75, 3.05) is 0 Å². The van der Waals surface area contributed by atoms with Crippen LogP contribution in [0.1, 0.15) is 0 Å². The van der Waals surface area contributed by atoms with Gasteiger partial charge in [0.2, 0.25) is 0 Å². The van der Waals surface area contributed by atoms with Gasteiger partial charge in [-0.05, 0) is 60.0 Å². The summed E-state index contributed by atoms with van der Waals surface area (Å²) in [7, 11) is 0. The molecule has 16 heteroatoms. The minimum atomic E-state index is -0.263. The van der Waals surface area contributed by atoms with Gasteiger partial charge in [0.05, 0.1) is 84.1 Å². The molecular weight excluding hydrogens is 880 g/mol. The fourth-order valence-electron chi connectivity index (χ4n) is 7.04. The van der Waals surface area contributed by atoms with Gasteiger partial charge in [-0.1, -0.05) is 111 Å². The van der Waals surface area contributed by atoms with E-state index in [0.29, 0.717) is 128 Å². The lowest BCUT2D eigenvalue weighted by molar-refractivity contribution is 1.28. The van der Waals surface area contributed by atoms with Gasteiger partial charge in [0.15, 0.2) is 0 Å². The topological polar surface area (TPSA) is 123 Å². The van der Waals surface area contributed by atoms with Gasteiger partial charge < -0.3 is 19.9 Å². The Morgan fingerprint density at radius 2 is 0.893 bits per heavy atom. The van der Waals surface area contributed by atoms with Gasteiger partial charge in [-0.2, -0.15) is 0 Å². The number of H-pyrrole nitrogens is 4. The summed E-state index contributed by atoms with van der Waals surface area (Å²) < 4.78 is 0. The predicted molar refractivity (Wildman–Crippen MR) is 234 cm³/mol. The van der Waals surface area contributed by atoms with E-state index in [1.165, 1.54) is 0 Å². The van der Waals surface area contributed by atoms with Crippen LogP contribution >= 0.6 is 92.8 Å². The molecule has 4 N–H and O–H groups in total. The van der Waals surface area contributed by atoms with Crippen molar-refractivity contribution in [2.24, 2.45) is 0 Å². The highest BCUT2D eigenvalue weighted by Crippen LogP contribution is 2.43. The highest BCUT2D eigenvalue weighted by Gasteiger charge is 2.22. The van der Waals surface area contributed by atoms with Crippen LogP contribution in [0.25, 0.3) is 87.9 Å². The molecule has 0 unspecified atom stereocenters. The molecule has 6 aromatic carbocycles. The van der Waals surface area contributed by atoms with E-state index in [-0.39, 0.29) is 11.1 Å². The molecule has 0 radical (unpaired) electrons. The molecule has 56 heavy (non-hydrogen) atoms. The van der Waals surface area contributed by atoms with Gasteiger partial charge in [-0.15, -0.1) is 0 Å². The zero-order valence-corrected chi connectivity index (χ0v) is 33.9. The Bertz CT molecular complexity index is 3300. The molecule has 10 aromatic rings. The summed E-state index contributed by atoms with van der Waals surface area (Å²) in [6.07, 6.45) is 3.17. The van der Waals surface area contributed by atoms with Crippen molar-refractivity contribution in [1.82, 2.24) is 29.9 Å². The molecule has 4 aromatic heterocycles. The van der Waals surface area contributed by atoms with E-state index >= 15 is 0 Å². The van der Waals surface area contributed by atoms with Gasteiger partial charge in [0.25, 0.3) is 11.1 Å². The molecule has 0 aliphatic carbocycles. The number of imidazole rings is 2. The molecule has 0 aliphatic rings. The second-order valence-electron chi connectivity index (χ2n) is 12.6. The van der Waals surface area contributed by atoms with Crippen LogP contribution in [-0.2, 0) is 0 Å². The van der Waals surface area contributed by atoms with Crippen LogP contribution in [0.15, 0.2) is 94.8 Å². The lowest BCUT2D eigenvalue weighted by atomic mass is 10.0. The van der Waals surface area contributed by atoms with Crippen molar-refractivity contribution in [3.8, 4) is 22.8 Å². The molecule has 8 nitrogen and oxygen atoms in total. The maximum atomic E-state index is 12.7. The molecule has 4 heterocycles. The van der Waals surface area contributed by atoms with E-state index in [1.807, 2.05) is 6.07 Å². The van der Waals surface area contributed by atoms with Gasteiger partial charge >= 0.3 is 0 Å². The maximum absolute atomic E-state index is 12.7. The molecule has 0 fully saturated rings. The van der Waals surface area contributed by atoms with Crippen LogP contribution in [0.2, 0.25) is 40.2 Å². The summed E-state index contributed by atoms with van der Waals surface area (Å²) in [5, 5.41) is 8.28. The molecule has 0 saturated heterocycles. The standard InChI is InChI=1S/2C20H9Cl4N3O/c21-11-2-1-3-12(22)16(11)19-26-17-8-4-5-25-20(28)15(8)9-6-13(23)14(24)7-10(9)18(17)27-19;21-10-2-1-3-11(22)15(10)19-26-17-8-4-5-12(23)16(24)13(8)14-9(18(17)27-19)6-7-25-20(14)28/h2*1-7H,(H,25,28)(H,26,27). The Kier molecular flexibility index (Phi) is 9.39. The van der Waals surface area contributed by atoms with Crippen LogP contribution in [-0.4, -0.2) is 29.9 Å². The number of hydrogen-bond donors (Lipinski definition) is 4. The second-order valence-corrected chi connectivity index (χ2v) is 15.8. The zero-order valence-electron chi connectivity index (χ0n) is 27.8. The molecule has 0 saturated carbocycles. The Morgan fingerprint density at radius 3 is 1.43 bits per heavy atom. The molecule has 0 aliphatic heterocycles. The minimum absolute atomic E-state index is 0.227. The highest BCUT2D eigenvalue weighted by molar-refractivity contribution is 6.48. The number of pyridine rings is 2. The molecule has 0 bridgehead atoms. The Labute approximate surface area is 354 Å². The first-order chi connectivity index (χ1) is 26.9. The van der Waals surface area contributed by atoms with Gasteiger partial charge in [-0.3, -0.25) is 9.59 Å². The average Bonchev–Trinajstić information content (AvgIpc) is 3.80. The van der Waals surface area contributed by atoms with Crippen LogP contribution in [0.3, 0.4) is 0 Å². The molecule has 0 atom stereocenters. The first-order valence-electron chi connectivity index (χ1n) is 16.4. The van der Waals surface area contributed by atoms with Gasteiger partial charge in [0, 0.05) is 39.3 Å². The fourth-order valence-corrected chi connectivity index (χ4v) is 8.94. The third kappa shape index (κ3) is 5.90. The average molecular weight is 898 g/mol. The minimum Gasteiger partial charge on any atom is -0.337 e. The van der Waals surface area contributed by atoms with Crippen molar-refractivity contribution in [2.45, 2.75) is 0 Å². The Morgan fingerprint density at radius 1 is 0.429 bits per heavy atom. The maximum Gasteiger partial charge on any atom is 0.256 e. The summed E-state index contributed by atoms with van der Waals surface area (Å²) in [4.78, 5) is 46.7. The summed E-state index contributed by atoms with van der Waals surface area (Å²) >= 11 is 50.6. The van der Waals surface area contributed by atoms with Crippen molar-refractivity contribution >= 4 is 158 Å². The highest BCUT2D eigenvalue weighted by atomic mass is 35.5. The number of aromatic nitrogens is 6. The summed E-state index contributed by atoms with van der Waals surface area (Å²) in [5.74, 6) is 1.01. The Hall–Kier alpha value is -4.48. The van der Waals surface area contributed by atoms with Gasteiger partial charge in [-0.25, -0.2) is 9.97 Å². The quantitative estimate of drug-likeness (QED) is 0.129. The van der Waals surface area contributed by atoms with Crippen LogP contribution in [0.4, 0.5) is 0 Å². The van der Waals surface area contributed by atoms with Crippen molar-refractivity contribution in [3.05, 3.63) is 146 Å². The number of aromatic amines is 4. The van der Waals surface area contributed by atoms with E-state index < -0.39 is 0 Å². The summed E-state index contributed by atoms with van der Waals surface area (Å²) in [5.41, 5.74) is 3.38. The fraction of sp³-hybridized carbons (Fsp3) is 0. The van der Waals surface area contributed by atoms with E-state index in [1.54, 1.807) is 79.1 Å². The van der Waals surface area contributed by atoms with Crippen molar-refractivity contribution in [3.63, 3.8) is 0 Å². The third-order valence-corrected chi connectivity index (χ3v) is 12.2.